The second-order valence-electron chi connectivity index (χ2n) is 7.37. The maximum atomic E-state index is 12.0. The first-order valence-electron chi connectivity index (χ1n) is 9.88. The first-order chi connectivity index (χ1) is 13.5. The molecule has 1 aromatic carbocycles. The van der Waals surface area contributed by atoms with Crippen LogP contribution in [0.4, 0.5) is 10.5 Å². The van der Waals surface area contributed by atoms with Crippen LogP contribution in [0.5, 0.6) is 5.75 Å². The van der Waals surface area contributed by atoms with Crippen LogP contribution in [0.15, 0.2) is 24.3 Å². The number of imide groups is 1. The number of hydrogen-bond donors (Lipinski definition) is 1. The van der Waals surface area contributed by atoms with Gasteiger partial charge in [-0.15, -0.1) is 12.4 Å². The lowest BCUT2D eigenvalue weighted by atomic mass is 10.2. The predicted octanol–water partition coefficient (Wildman–Crippen LogP) is 1.46. The maximum absolute atomic E-state index is 12.0. The van der Waals surface area contributed by atoms with Crippen LogP contribution < -0.4 is 15.0 Å². The molecule has 3 amide bonds. The fourth-order valence-electron chi connectivity index (χ4n) is 3.80. The van der Waals surface area contributed by atoms with E-state index in [1.807, 2.05) is 18.2 Å². The van der Waals surface area contributed by atoms with E-state index in [9.17, 15) is 9.59 Å². The van der Waals surface area contributed by atoms with Gasteiger partial charge in [0, 0.05) is 40.3 Å². The summed E-state index contributed by atoms with van der Waals surface area (Å²) < 4.78 is 5.47. The van der Waals surface area contributed by atoms with Crippen molar-refractivity contribution in [3.05, 3.63) is 24.3 Å². The summed E-state index contributed by atoms with van der Waals surface area (Å²) in [5.41, 5.74) is 1.16. The fourth-order valence-corrected chi connectivity index (χ4v) is 3.80. The minimum absolute atomic E-state index is 0. The molecule has 2 aliphatic heterocycles. The zero-order chi connectivity index (χ0) is 20.1. The Balaban J connectivity index is 0.00000300. The van der Waals surface area contributed by atoms with Crippen molar-refractivity contribution in [3.63, 3.8) is 0 Å². The number of halogens is 1. The molecule has 2 fully saturated rings. The molecule has 2 aliphatic rings. The van der Waals surface area contributed by atoms with E-state index in [1.165, 1.54) is 11.9 Å². The van der Waals surface area contributed by atoms with Crippen LogP contribution in [0.25, 0.3) is 0 Å². The minimum Gasteiger partial charge on any atom is -0.495 e. The monoisotopic (exact) mass is 425 g/mol. The first-order valence-corrected chi connectivity index (χ1v) is 9.88. The molecule has 0 aromatic heterocycles. The second kappa shape index (κ2) is 10.7. The van der Waals surface area contributed by atoms with Gasteiger partial charge in [-0.25, -0.2) is 4.79 Å². The highest BCUT2D eigenvalue weighted by molar-refractivity contribution is 5.96. The topological polar surface area (TPSA) is 68.4 Å². The van der Waals surface area contributed by atoms with Gasteiger partial charge in [-0.1, -0.05) is 12.1 Å². The van der Waals surface area contributed by atoms with Crippen LogP contribution >= 0.6 is 12.4 Å². The standard InChI is InChI=1S/C20H31N5O3.ClH/c1-22-18(15-19(26)23(2)20(22)27)21-9-6-10-24-11-13-25(14-12-24)16-7-4-5-8-17(16)28-3;/h4-5,7-8,18,21H,6,9-15H2,1-3H3;1H. The van der Waals surface area contributed by atoms with Crippen LogP contribution in [-0.2, 0) is 4.79 Å². The number of benzene rings is 1. The van der Waals surface area contributed by atoms with Gasteiger partial charge in [0.2, 0.25) is 5.91 Å². The second-order valence-corrected chi connectivity index (χ2v) is 7.37. The van der Waals surface area contributed by atoms with E-state index in [0.717, 1.165) is 57.1 Å². The summed E-state index contributed by atoms with van der Waals surface area (Å²) in [5, 5.41) is 3.35. The molecule has 1 aromatic rings. The Labute approximate surface area is 179 Å². The van der Waals surface area contributed by atoms with Crippen molar-refractivity contribution in [2.24, 2.45) is 0 Å². The van der Waals surface area contributed by atoms with Crippen LogP contribution in [0.2, 0.25) is 0 Å². The average molecular weight is 426 g/mol. The number of methoxy groups -OCH3 is 1. The molecule has 0 bridgehead atoms. The molecule has 0 aliphatic carbocycles. The van der Waals surface area contributed by atoms with Gasteiger partial charge in [-0.2, -0.15) is 0 Å². The summed E-state index contributed by atoms with van der Waals surface area (Å²) in [6.07, 6.45) is 1.10. The molecule has 9 heteroatoms. The Morgan fingerprint density at radius 2 is 1.79 bits per heavy atom. The first kappa shape index (κ1) is 23.3. The van der Waals surface area contributed by atoms with E-state index >= 15 is 0 Å². The smallest absolute Gasteiger partial charge is 0.327 e. The lowest BCUT2D eigenvalue weighted by Gasteiger charge is -2.38. The highest BCUT2D eigenvalue weighted by atomic mass is 35.5. The summed E-state index contributed by atoms with van der Waals surface area (Å²) in [4.78, 5) is 31.5. The third kappa shape index (κ3) is 5.52. The highest BCUT2D eigenvalue weighted by Crippen LogP contribution is 2.28. The fraction of sp³-hybridized carbons (Fsp3) is 0.600. The van der Waals surface area contributed by atoms with Crippen molar-refractivity contribution >= 4 is 30.0 Å². The molecular formula is C20H32ClN5O3. The number of ether oxygens (including phenoxy) is 1. The third-order valence-electron chi connectivity index (χ3n) is 5.63. The van der Waals surface area contributed by atoms with Gasteiger partial charge in [0.1, 0.15) is 5.75 Å². The van der Waals surface area contributed by atoms with Gasteiger partial charge in [-0.3, -0.25) is 19.9 Å². The molecule has 29 heavy (non-hydrogen) atoms. The molecule has 2 heterocycles. The van der Waals surface area contributed by atoms with Gasteiger partial charge in [0.25, 0.3) is 0 Å². The van der Waals surface area contributed by atoms with Crippen LogP contribution in [0, 0.1) is 0 Å². The minimum atomic E-state index is -0.249. The Morgan fingerprint density at radius 1 is 1.10 bits per heavy atom. The van der Waals surface area contributed by atoms with E-state index in [2.05, 4.69) is 21.2 Å². The van der Waals surface area contributed by atoms with Gasteiger partial charge in [0.15, 0.2) is 0 Å². The summed E-state index contributed by atoms with van der Waals surface area (Å²) in [6, 6.07) is 7.91. The molecular weight excluding hydrogens is 394 g/mol. The van der Waals surface area contributed by atoms with E-state index in [1.54, 1.807) is 19.1 Å². The number of carbonyl (C=O) groups is 2. The zero-order valence-electron chi connectivity index (χ0n) is 17.5. The number of anilines is 1. The molecule has 0 spiro atoms. The molecule has 1 unspecified atom stereocenters. The van der Waals surface area contributed by atoms with E-state index in [0.29, 0.717) is 6.42 Å². The number of piperazine rings is 1. The van der Waals surface area contributed by atoms with Crippen molar-refractivity contribution in [2.75, 3.05) is 65.4 Å². The molecule has 8 nitrogen and oxygen atoms in total. The SMILES string of the molecule is COc1ccccc1N1CCN(CCCNC2CC(=O)N(C)C(=O)N2C)CC1.Cl. The summed E-state index contributed by atoms with van der Waals surface area (Å²) in [5.74, 6) is 0.791. The quantitative estimate of drug-likeness (QED) is 0.667. The van der Waals surface area contributed by atoms with Crippen molar-refractivity contribution in [2.45, 2.75) is 19.0 Å². The lowest BCUT2D eigenvalue weighted by Crippen LogP contribution is -2.58. The Bertz CT molecular complexity index is 696. The largest absolute Gasteiger partial charge is 0.495 e. The molecule has 2 saturated heterocycles. The Morgan fingerprint density at radius 3 is 2.48 bits per heavy atom. The van der Waals surface area contributed by atoms with Crippen LogP contribution in [0.3, 0.4) is 0 Å². The average Bonchev–Trinajstić information content (AvgIpc) is 2.73. The molecule has 1 N–H and O–H groups in total. The van der Waals surface area contributed by atoms with E-state index in [-0.39, 0.29) is 30.5 Å². The number of nitrogens with one attached hydrogen (secondary N) is 1. The van der Waals surface area contributed by atoms with E-state index in [4.69, 9.17) is 4.74 Å². The number of rotatable bonds is 7. The normalized spacial score (nSPS) is 20.7. The van der Waals surface area contributed by atoms with Gasteiger partial charge in [0.05, 0.1) is 25.4 Å². The van der Waals surface area contributed by atoms with Gasteiger partial charge < -0.3 is 14.5 Å². The Hall–Kier alpha value is -2.03. The summed E-state index contributed by atoms with van der Waals surface area (Å²) in [6.45, 7) is 5.78. The number of carbonyl (C=O) groups excluding carboxylic acids is 2. The maximum Gasteiger partial charge on any atom is 0.327 e. The molecule has 3 rings (SSSR count). The number of para-hydroxylation sites is 2. The third-order valence-corrected chi connectivity index (χ3v) is 5.63. The zero-order valence-corrected chi connectivity index (χ0v) is 18.3. The number of amides is 3. The van der Waals surface area contributed by atoms with Crippen molar-refractivity contribution in [1.82, 2.24) is 20.0 Å². The molecule has 1 atom stereocenters. The van der Waals surface area contributed by atoms with Gasteiger partial charge in [-0.05, 0) is 31.6 Å². The van der Waals surface area contributed by atoms with Crippen molar-refractivity contribution in [3.8, 4) is 5.75 Å². The van der Waals surface area contributed by atoms with Crippen LogP contribution in [-0.4, -0.2) is 93.3 Å². The predicted molar refractivity (Wildman–Crippen MR) is 116 cm³/mol. The molecule has 162 valence electrons. The number of urea groups is 1. The summed E-state index contributed by atoms with van der Waals surface area (Å²) >= 11 is 0. The number of hydrogen-bond acceptors (Lipinski definition) is 6. The summed E-state index contributed by atoms with van der Waals surface area (Å²) in [7, 11) is 4.98. The van der Waals surface area contributed by atoms with Crippen LogP contribution in [0.1, 0.15) is 12.8 Å². The lowest BCUT2D eigenvalue weighted by molar-refractivity contribution is -0.131. The van der Waals surface area contributed by atoms with Crippen molar-refractivity contribution in [1.29, 1.82) is 0 Å². The number of nitrogens with zero attached hydrogens (tertiary/aromatic N) is 4. The molecule has 0 radical (unpaired) electrons. The Kier molecular flexibility index (Phi) is 8.55. The van der Waals surface area contributed by atoms with E-state index < -0.39 is 0 Å². The molecule has 0 saturated carbocycles. The van der Waals surface area contributed by atoms with Gasteiger partial charge >= 0.3 is 6.03 Å². The highest BCUT2D eigenvalue weighted by Gasteiger charge is 2.33. The van der Waals surface area contributed by atoms with Crippen molar-refractivity contribution < 1.29 is 14.3 Å².